The summed E-state index contributed by atoms with van der Waals surface area (Å²) >= 11 is 0. The van der Waals surface area contributed by atoms with E-state index in [0.717, 1.165) is 6.07 Å². The standard InChI is InChI=1S/C14H11F4N/c15-12-8-4-2-6-10(12)13(19)9-5-1-3-7-11(9)14(16,17)18/h1-8,13H,19H2. The predicted molar refractivity (Wildman–Crippen MR) is 63.9 cm³/mol. The molecule has 1 unspecified atom stereocenters. The van der Waals surface area contributed by atoms with Crippen molar-refractivity contribution in [3.8, 4) is 0 Å². The molecule has 0 radical (unpaired) electrons. The van der Waals surface area contributed by atoms with E-state index in [1.807, 2.05) is 0 Å². The zero-order valence-corrected chi connectivity index (χ0v) is 9.79. The fourth-order valence-electron chi connectivity index (χ4n) is 1.92. The van der Waals surface area contributed by atoms with E-state index in [-0.39, 0.29) is 11.1 Å². The molecule has 2 aromatic carbocycles. The van der Waals surface area contributed by atoms with Crippen molar-refractivity contribution in [3.05, 3.63) is 71.0 Å². The summed E-state index contributed by atoms with van der Waals surface area (Å²) in [4.78, 5) is 0. The SMILES string of the molecule is NC(c1ccccc1F)c1ccccc1C(F)(F)F. The van der Waals surface area contributed by atoms with E-state index in [2.05, 4.69) is 0 Å². The molecule has 1 atom stereocenters. The molecule has 100 valence electrons. The van der Waals surface area contributed by atoms with Crippen LogP contribution in [0.15, 0.2) is 48.5 Å². The van der Waals surface area contributed by atoms with Crippen LogP contribution < -0.4 is 5.73 Å². The molecule has 2 N–H and O–H groups in total. The molecule has 1 nitrogen and oxygen atoms in total. The lowest BCUT2D eigenvalue weighted by atomic mass is 9.94. The first-order valence-electron chi connectivity index (χ1n) is 5.57. The maximum absolute atomic E-state index is 13.6. The van der Waals surface area contributed by atoms with E-state index in [9.17, 15) is 17.6 Å². The molecule has 0 aliphatic carbocycles. The van der Waals surface area contributed by atoms with Crippen LogP contribution >= 0.6 is 0 Å². The number of alkyl halides is 3. The lowest BCUT2D eigenvalue weighted by Gasteiger charge is -2.18. The predicted octanol–water partition coefficient (Wildman–Crippen LogP) is 3.89. The van der Waals surface area contributed by atoms with Gasteiger partial charge < -0.3 is 5.73 Å². The molecule has 0 fully saturated rings. The summed E-state index contributed by atoms with van der Waals surface area (Å²) in [6.45, 7) is 0. The van der Waals surface area contributed by atoms with E-state index in [1.54, 1.807) is 0 Å². The van der Waals surface area contributed by atoms with Gasteiger partial charge in [0, 0.05) is 5.56 Å². The molecule has 0 heterocycles. The third-order valence-corrected chi connectivity index (χ3v) is 2.84. The lowest BCUT2D eigenvalue weighted by Crippen LogP contribution is -2.19. The summed E-state index contributed by atoms with van der Waals surface area (Å²) in [7, 11) is 0. The molecule has 0 saturated heterocycles. The molecule has 0 aliphatic rings. The number of hydrogen-bond donors (Lipinski definition) is 1. The van der Waals surface area contributed by atoms with Crippen molar-refractivity contribution in [1.82, 2.24) is 0 Å². The highest BCUT2D eigenvalue weighted by Gasteiger charge is 2.34. The van der Waals surface area contributed by atoms with Gasteiger partial charge in [0.2, 0.25) is 0 Å². The third kappa shape index (κ3) is 2.76. The smallest absolute Gasteiger partial charge is 0.320 e. The van der Waals surface area contributed by atoms with Crippen molar-refractivity contribution in [1.29, 1.82) is 0 Å². The van der Waals surface area contributed by atoms with Crippen molar-refractivity contribution in [3.63, 3.8) is 0 Å². The van der Waals surface area contributed by atoms with Gasteiger partial charge in [-0.3, -0.25) is 0 Å². The molecule has 0 amide bonds. The minimum absolute atomic E-state index is 0.0409. The second-order valence-corrected chi connectivity index (χ2v) is 4.08. The van der Waals surface area contributed by atoms with Crippen LogP contribution in [0, 0.1) is 5.82 Å². The molecular formula is C14H11F4N. The number of benzene rings is 2. The van der Waals surface area contributed by atoms with E-state index >= 15 is 0 Å². The highest BCUT2D eigenvalue weighted by atomic mass is 19.4. The van der Waals surface area contributed by atoms with Crippen molar-refractivity contribution >= 4 is 0 Å². The van der Waals surface area contributed by atoms with Crippen molar-refractivity contribution < 1.29 is 17.6 Å². The molecule has 5 heteroatoms. The normalized spacial score (nSPS) is 13.3. The van der Waals surface area contributed by atoms with E-state index in [4.69, 9.17) is 5.73 Å². The molecule has 0 aromatic heterocycles. The molecular weight excluding hydrogens is 258 g/mol. The second kappa shape index (κ2) is 5.01. The minimum Gasteiger partial charge on any atom is -0.320 e. The zero-order valence-electron chi connectivity index (χ0n) is 9.79. The number of hydrogen-bond acceptors (Lipinski definition) is 1. The Bertz CT molecular complexity index is 578. The topological polar surface area (TPSA) is 26.0 Å². The maximum Gasteiger partial charge on any atom is 0.416 e. The van der Waals surface area contributed by atoms with Crippen LogP contribution in [-0.2, 0) is 6.18 Å². The van der Waals surface area contributed by atoms with Crippen LogP contribution in [0.25, 0.3) is 0 Å². The van der Waals surface area contributed by atoms with Gasteiger partial charge in [0.1, 0.15) is 5.82 Å². The second-order valence-electron chi connectivity index (χ2n) is 4.08. The van der Waals surface area contributed by atoms with Crippen LogP contribution in [0.2, 0.25) is 0 Å². The van der Waals surface area contributed by atoms with Crippen LogP contribution in [-0.4, -0.2) is 0 Å². The molecule has 0 bridgehead atoms. The Kier molecular flexibility index (Phi) is 3.57. The third-order valence-electron chi connectivity index (χ3n) is 2.84. The minimum atomic E-state index is -4.51. The highest BCUT2D eigenvalue weighted by Crippen LogP contribution is 2.35. The monoisotopic (exact) mass is 269 g/mol. The first-order chi connectivity index (χ1) is 8.91. The van der Waals surface area contributed by atoms with Gasteiger partial charge in [0.15, 0.2) is 0 Å². The van der Waals surface area contributed by atoms with Gasteiger partial charge in [-0.1, -0.05) is 36.4 Å². The van der Waals surface area contributed by atoms with Crippen LogP contribution in [0.3, 0.4) is 0 Å². The first-order valence-corrected chi connectivity index (χ1v) is 5.57. The molecule has 2 aromatic rings. The fraction of sp³-hybridized carbons (Fsp3) is 0.143. The van der Waals surface area contributed by atoms with Crippen LogP contribution in [0.4, 0.5) is 17.6 Å². The molecule has 0 spiro atoms. The summed E-state index contributed by atoms with van der Waals surface area (Å²) in [6.07, 6.45) is -4.51. The Balaban J connectivity index is 2.51. The maximum atomic E-state index is 13.6. The van der Waals surface area contributed by atoms with Gasteiger partial charge >= 0.3 is 6.18 Å². The van der Waals surface area contributed by atoms with Gasteiger partial charge in [-0.15, -0.1) is 0 Å². The lowest BCUT2D eigenvalue weighted by molar-refractivity contribution is -0.138. The summed E-state index contributed by atoms with van der Waals surface area (Å²) in [5.74, 6) is -0.619. The molecule has 0 saturated carbocycles. The van der Waals surface area contributed by atoms with E-state index in [1.165, 1.54) is 42.5 Å². The number of halogens is 4. The van der Waals surface area contributed by atoms with Crippen molar-refractivity contribution in [2.45, 2.75) is 12.2 Å². The molecule has 0 aliphatic heterocycles. The Morgan fingerprint density at radius 1 is 0.842 bits per heavy atom. The Morgan fingerprint density at radius 3 is 1.95 bits per heavy atom. The summed E-state index contributed by atoms with van der Waals surface area (Å²) in [5.41, 5.74) is 4.83. The van der Waals surface area contributed by atoms with Gasteiger partial charge in [-0.25, -0.2) is 4.39 Å². The Labute approximate surface area is 107 Å². The van der Waals surface area contributed by atoms with Gasteiger partial charge in [0.05, 0.1) is 11.6 Å². The molecule has 2 rings (SSSR count). The average molecular weight is 269 g/mol. The van der Waals surface area contributed by atoms with Crippen LogP contribution in [0.1, 0.15) is 22.7 Å². The van der Waals surface area contributed by atoms with E-state index in [0.29, 0.717) is 0 Å². The van der Waals surface area contributed by atoms with Crippen molar-refractivity contribution in [2.75, 3.05) is 0 Å². The quantitative estimate of drug-likeness (QED) is 0.822. The Morgan fingerprint density at radius 2 is 1.37 bits per heavy atom. The van der Waals surface area contributed by atoms with E-state index < -0.39 is 23.6 Å². The fourth-order valence-corrected chi connectivity index (χ4v) is 1.92. The number of rotatable bonds is 2. The van der Waals surface area contributed by atoms with Gasteiger partial charge in [-0.05, 0) is 17.7 Å². The largest absolute Gasteiger partial charge is 0.416 e. The highest BCUT2D eigenvalue weighted by molar-refractivity contribution is 5.38. The summed E-state index contributed by atoms with van der Waals surface area (Å²) in [6, 6.07) is 9.33. The number of nitrogens with two attached hydrogens (primary N) is 1. The van der Waals surface area contributed by atoms with Gasteiger partial charge in [-0.2, -0.15) is 13.2 Å². The van der Waals surface area contributed by atoms with Crippen LogP contribution in [0.5, 0.6) is 0 Å². The zero-order chi connectivity index (χ0) is 14.0. The van der Waals surface area contributed by atoms with Crippen molar-refractivity contribution in [2.24, 2.45) is 5.73 Å². The Hall–Kier alpha value is -1.88. The average Bonchev–Trinajstić information content (AvgIpc) is 2.37. The first kappa shape index (κ1) is 13.5. The molecule has 19 heavy (non-hydrogen) atoms. The summed E-state index contributed by atoms with van der Waals surface area (Å²) in [5, 5.41) is 0. The van der Waals surface area contributed by atoms with Gasteiger partial charge in [0.25, 0.3) is 0 Å². The summed E-state index contributed by atoms with van der Waals surface area (Å²) < 4.78 is 52.2.